The molecule has 1 N–H and O–H groups in total. The summed E-state index contributed by atoms with van der Waals surface area (Å²) in [6.45, 7) is 5.38. The lowest BCUT2D eigenvalue weighted by Crippen LogP contribution is -2.22. The molecule has 2 fully saturated rings. The molecule has 0 bridgehead atoms. The standard InChI is InChI=1S/C42H47N5O5/c1-28-37(27-52-39-9-5-7-23-51-39)46(26-30-12-17-33(49-3)18-13-30)41-34-19-14-31(36-20-21-44-47(36)38-8-4-6-22-50-38)24-35(34)45-42(40(28)41)43-25-29-10-15-32(48-2)16-11-29/h10-21,24,38-39H,4-9,22-23,25-27H2,1-3H3,(H,43,45). The summed E-state index contributed by atoms with van der Waals surface area (Å²) in [6.07, 6.45) is 7.86. The van der Waals surface area contributed by atoms with Crippen LogP contribution in [0.4, 0.5) is 5.82 Å². The number of aryl methyl sites for hydroxylation is 1. The van der Waals surface area contributed by atoms with Crippen molar-refractivity contribution < 1.29 is 23.7 Å². The Kier molecular flexibility index (Phi) is 10.1. The first-order chi connectivity index (χ1) is 25.6. The first-order valence-electron chi connectivity index (χ1n) is 18.4. The van der Waals surface area contributed by atoms with E-state index in [9.17, 15) is 0 Å². The lowest BCUT2D eigenvalue weighted by Gasteiger charge is -2.24. The summed E-state index contributed by atoms with van der Waals surface area (Å²) in [6, 6.07) is 25.1. The van der Waals surface area contributed by atoms with Crippen LogP contribution in [0, 0.1) is 6.92 Å². The molecule has 2 aliphatic rings. The van der Waals surface area contributed by atoms with E-state index >= 15 is 0 Å². The molecular weight excluding hydrogens is 654 g/mol. The minimum atomic E-state index is -0.205. The van der Waals surface area contributed by atoms with Crippen molar-refractivity contribution in [3.63, 3.8) is 0 Å². The van der Waals surface area contributed by atoms with Gasteiger partial charge in [-0.05, 0) is 98.5 Å². The second-order valence-electron chi connectivity index (χ2n) is 13.7. The van der Waals surface area contributed by atoms with Gasteiger partial charge in [0.2, 0.25) is 0 Å². The van der Waals surface area contributed by atoms with Crippen LogP contribution >= 0.6 is 0 Å². The number of fused-ring (bicyclic) bond motifs is 3. The van der Waals surface area contributed by atoms with Crippen molar-refractivity contribution in [2.75, 3.05) is 32.8 Å². The van der Waals surface area contributed by atoms with Crippen LogP contribution in [-0.4, -0.2) is 53.1 Å². The van der Waals surface area contributed by atoms with Crippen molar-refractivity contribution in [2.24, 2.45) is 0 Å². The average Bonchev–Trinajstić information content (AvgIpc) is 3.80. The maximum Gasteiger partial charge on any atom is 0.158 e. The molecule has 0 aliphatic carbocycles. The summed E-state index contributed by atoms with van der Waals surface area (Å²) >= 11 is 0. The van der Waals surface area contributed by atoms with Gasteiger partial charge in [-0.15, -0.1) is 0 Å². The molecule has 0 saturated carbocycles. The van der Waals surface area contributed by atoms with Crippen LogP contribution in [0.3, 0.4) is 0 Å². The highest BCUT2D eigenvalue weighted by molar-refractivity contribution is 6.11. The lowest BCUT2D eigenvalue weighted by atomic mass is 10.0. The molecule has 10 nitrogen and oxygen atoms in total. The van der Waals surface area contributed by atoms with E-state index in [1.54, 1.807) is 14.2 Å². The van der Waals surface area contributed by atoms with Crippen LogP contribution in [0.2, 0.25) is 0 Å². The molecule has 3 aromatic heterocycles. The quantitative estimate of drug-likeness (QED) is 0.135. The Hall–Kier alpha value is -4.90. The molecule has 5 heterocycles. The predicted octanol–water partition coefficient (Wildman–Crippen LogP) is 8.78. The van der Waals surface area contributed by atoms with E-state index in [1.807, 2.05) is 35.1 Å². The molecule has 2 atom stereocenters. The van der Waals surface area contributed by atoms with E-state index in [2.05, 4.69) is 65.3 Å². The number of anilines is 1. The van der Waals surface area contributed by atoms with E-state index in [0.717, 1.165) is 119 Å². The molecule has 2 aliphatic heterocycles. The van der Waals surface area contributed by atoms with Gasteiger partial charge in [-0.1, -0.05) is 36.4 Å². The van der Waals surface area contributed by atoms with E-state index in [-0.39, 0.29) is 12.5 Å². The third kappa shape index (κ3) is 6.98. The fraction of sp³-hybridized carbons (Fsp3) is 0.381. The SMILES string of the molecule is COc1ccc(CNc2nc3cc(-c4ccnn4C4CCCCO4)ccc3c3c2c(C)c(COC2CCCCO2)n3Cc2ccc(OC)cc2)cc1. The topological polar surface area (TPSA) is 93.8 Å². The smallest absolute Gasteiger partial charge is 0.158 e. The average molecular weight is 702 g/mol. The van der Waals surface area contributed by atoms with Crippen molar-refractivity contribution in [3.05, 3.63) is 101 Å². The minimum absolute atomic E-state index is 0.0632. The highest BCUT2D eigenvalue weighted by atomic mass is 16.7. The normalized spacial score (nSPS) is 17.8. The molecule has 8 rings (SSSR count). The van der Waals surface area contributed by atoms with Gasteiger partial charge in [0.25, 0.3) is 0 Å². The third-order valence-electron chi connectivity index (χ3n) is 10.4. The number of methoxy groups -OCH3 is 2. The van der Waals surface area contributed by atoms with E-state index in [1.165, 1.54) is 5.56 Å². The first kappa shape index (κ1) is 34.2. The van der Waals surface area contributed by atoms with Crippen LogP contribution < -0.4 is 14.8 Å². The molecule has 52 heavy (non-hydrogen) atoms. The maximum atomic E-state index is 6.50. The second-order valence-corrected chi connectivity index (χ2v) is 13.7. The van der Waals surface area contributed by atoms with E-state index in [0.29, 0.717) is 19.7 Å². The Bertz CT molecular complexity index is 2130. The fourth-order valence-electron chi connectivity index (χ4n) is 7.56. The van der Waals surface area contributed by atoms with Gasteiger partial charge >= 0.3 is 0 Å². The predicted molar refractivity (Wildman–Crippen MR) is 203 cm³/mol. The molecule has 2 unspecified atom stereocenters. The fourth-order valence-corrected chi connectivity index (χ4v) is 7.56. The number of hydrogen-bond donors (Lipinski definition) is 1. The summed E-state index contributed by atoms with van der Waals surface area (Å²) in [5, 5.41) is 10.6. The monoisotopic (exact) mass is 701 g/mol. The number of nitrogens with zero attached hydrogens (tertiary/aromatic N) is 4. The Morgan fingerprint density at radius 3 is 2.25 bits per heavy atom. The number of nitrogens with one attached hydrogen (secondary N) is 1. The van der Waals surface area contributed by atoms with E-state index < -0.39 is 0 Å². The van der Waals surface area contributed by atoms with Gasteiger partial charge < -0.3 is 33.6 Å². The van der Waals surface area contributed by atoms with Gasteiger partial charge in [0, 0.05) is 54.5 Å². The van der Waals surface area contributed by atoms with Crippen LogP contribution in [-0.2, 0) is 33.9 Å². The first-order valence-corrected chi connectivity index (χ1v) is 18.4. The van der Waals surface area contributed by atoms with Crippen molar-refractivity contribution in [1.29, 1.82) is 0 Å². The Morgan fingerprint density at radius 1 is 0.827 bits per heavy atom. The summed E-state index contributed by atoms with van der Waals surface area (Å²) in [5.41, 5.74) is 8.64. The van der Waals surface area contributed by atoms with Crippen LogP contribution in [0.5, 0.6) is 11.5 Å². The summed E-state index contributed by atoms with van der Waals surface area (Å²) in [5.74, 6) is 2.50. The van der Waals surface area contributed by atoms with Crippen molar-refractivity contribution in [3.8, 4) is 22.8 Å². The summed E-state index contributed by atoms with van der Waals surface area (Å²) < 4.78 is 34.0. The molecule has 3 aromatic carbocycles. The zero-order valence-corrected chi connectivity index (χ0v) is 30.3. The van der Waals surface area contributed by atoms with Crippen LogP contribution in [0.25, 0.3) is 33.1 Å². The number of aromatic nitrogens is 4. The Balaban J connectivity index is 1.27. The number of rotatable bonds is 12. The molecule has 0 spiro atoms. The highest BCUT2D eigenvalue weighted by Crippen LogP contribution is 2.39. The maximum absolute atomic E-state index is 6.50. The second kappa shape index (κ2) is 15.4. The van der Waals surface area contributed by atoms with Gasteiger partial charge in [-0.3, -0.25) is 0 Å². The molecule has 0 amide bonds. The van der Waals surface area contributed by atoms with Gasteiger partial charge in [-0.25, -0.2) is 9.67 Å². The van der Waals surface area contributed by atoms with Crippen molar-refractivity contribution in [1.82, 2.24) is 19.3 Å². The van der Waals surface area contributed by atoms with Gasteiger partial charge in [0.15, 0.2) is 12.5 Å². The number of ether oxygens (including phenoxy) is 5. The molecule has 0 radical (unpaired) electrons. The third-order valence-corrected chi connectivity index (χ3v) is 10.4. The Labute approximate surface area is 304 Å². The summed E-state index contributed by atoms with van der Waals surface area (Å²) in [7, 11) is 3.39. The molecule has 6 aromatic rings. The zero-order valence-electron chi connectivity index (χ0n) is 30.3. The molecule has 2 saturated heterocycles. The molecular formula is C42H47N5O5. The summed E-state index contributed by atoms with van der Waals surface area (Å²) in [4.78, 5) is 5.37. The van der Waals surface area contributed by atoms with Crippen LogP contribution in [0.15, 0.2) is 79.0 Å². The zero-order chi connectivity index (χ0) is 35.4. The number of hydrogen-bond acceptors (Lipinski definition) is 8. The lowest BCUT2D eigenvalue weighted by molar-refractivity contribution is -0.169. The Morgan fingerprint density at radius 2 is 1.56 bits per heavy atom. The van der Waals surface area contributed by atoms with Crippen molar-refractivity contribution >= 4 is 27.6 Å². The molecule has 10 heteroatoms. The number of pyridine rings is 1. The van der Waals surface area contributed by atoms with Crippen molar-refractivity contribution in [2.45, 2.75) is 77.7 Å². The number of benzene rings is 3. The largest absolute Gasteiger partial charge is 0.497 e. The molecule has 270 valence electrons. The van der Waals surface area contributed by atoms with Crippen LogP contribution in [0.1, 0.15) is 67.1 Å². The van der Waals surface area contributed by atoms with Gasteiger partial charge in [0.1, 0.15) is 17.3 Å². The van der Waals surface area contributed by atoms with Gasteiger partial charge in [0.05, 0.1) is 37.6 Å². The van der Waals surface area contributed by atoms with Gasteiger partial charge in [-0.2, -0.15) is 5.10 Å². The highest BCUT2D eigenvalue weighted by Gasteiger charge is 2.25. The van der Waals surface area contributed by atoms with E-state index in [4.69, 9.17) is 33.8 Å². The minimum Gasteiger partial charge on any atom is -0.497 e.